The van der Waals surface area contributed by atoms with Gasteiger partial charge in [-0.1, -0.05) is 29.3 Å². The maximum absolute atomic E-state index is 6.10. The minimum absolute atomic E-state index is 0. The number of thiophene rings is 1. The molecule has 0 saturated carbocycles. The summed E-state index contributed by atoms with van der Waals surface area (Å²) in [6.07, 6.45) is 0. The zero-order chi connectivity index (χ0) is 10.8. The first-order chi connectivity index (χ1) is 7.18. The molecule has 0 fully saturated rings. The zero-order valence-corrected chi connectivity index (χ0v) is 11.3. The smallest absolute Gasteiger partial charge is 0.0661 e. The highest BCUT2D eigenvalue weighted by Gasteiger charge is 2.13. The van der Waals surface area contributed by atoms with Crippen LogP contribution in [0.2, 0.25) is 10.0 Å². The normalized spacial score (nSPS) is 11.9. The van der Waals surface area contributed by atoms with Gasteiger partial charge in [0, 0.05) is 14.9 Å². The van der Waals surface area contributed by atoms with Crippen molar-refractivity contribution in [2.24, 2.45) is 5.73 Å². The summed E-state index contributed by atoms with van der Waals surface area (Å²) < 4.78 is 0. The number of halogens is 3. The molecule has 1 nitrogen and oxygen atoms in total. The van der Waals surface area contributed by atoms with Crippen LogP contribution in [0.5, 0.6) is 0 Å². The molecule has 1 aromatic heterocycles. The van der Waals surface area contributed by atoms with Crippen molar-refractivity contribution in [3.63, 3.8) is 0 Å². The fraction of sp³-hybridized carbons (Fsp3) is 0.0909. The summed E-state index contributed by atoms with van der Waals surface area (Å²) in [5.74, 6) is 0. The summed E-state index contributed by atoms with van der Waals surface area (Å²) >= 11 is 13.6. The molecule has 2 rings (SSSR count). The predicted molar refractivity (Wildman–Crippen MR) is 74.1 cm³/mol. The largest absolute Gasteiger partial charge is 0.320 e. The highest BCUT2D eigenvalue weighted by molar-refractivity contribution is 7.10. The first-order valence-electron chi connectivity index (χ1n) is 4.42. The van der Waals surface area contributed by atoms with E-state index in [1.807, 2.05) is 23.6 Å². The van der Waals surface area contributed by atoms with E-state index in [4.69, 9.17) is 28.9 Å². The van der Waals surface area contributed by atoms with E-state index in [1.165, 1.54) is 0 Å². The average Bonchev–Trinajstić information content (AvgIpc) is 2.74. The first-order valence-corrected chi connectivity index (χ1v) is 6.06. The van der Waals surface area contributed by atoms with Gasteiger partial charge in [-0.25, -0.2) is 0 Å². The van der Waals surface area contributed by atoms with Crippen molar-refractivity contribution in [3.05, 3.63) is 56.2 Å². The van der Waals surface area contributed by atoms with Crippen molar-refractivity contribution in [3.8, 4) is 0 Å². The predicted octanol–water partition coefficient (Wildman–Crippen LogP) is 4.52. The molecular weight excluding hydrogens is 285 g/mol. The second-order valence-corrected chi connectivity index (χ2v) is 4.98. The topological polar surface area (TPSA) is 26.0 Å². The van der Waals surface area contributed by atoms with Gasteiger partial charge in [0.2, 0.25) is 0 Å². The maximum atomic E-state index is 6.10. The maximum Gasteiger partial charge on any atom is 0.0661 e. The second kappa shape index (κ2) is 5.89. The lowest BCUT2D eigenvalue weighted by molar-refractivity contribution is 0.894. The molecule has 16 heavy (non-hydrogen) atoms. The Labute approximate surface area is 115 Å². The van der Waals surface area contributed by atoms with Gasteiger partial charge in [0.1, 0.15) is 0 Å². The molecule has 0 aliphatic carbocycles. The zero-order valence-electron chi connectivity index (χ0n) is 8.19. The Morgan fingerprint density at radius 2 is 1.94 bits per heavy atom. The molecule has 5 heteroatoms. The Morgan fingerprint density at radius 1 is 1.19 bits per heavy atom. The van der Waals surface area contributed by atoms with Crippen LogP contribution in [0.4, 0.5) is 0 Å². The van der Waals surface area contributed by atoms with Gasteiger partial charge in [-0.3, -0.25) is 0 Å². The standard InChI is InChI=1S/C11H9Cl2NS.ClH/c12-7-3-4-9(13)8(6-7)11(14)10-2-1-5-15-10;/h1-6,11H,14H2;1H/t11-;/m1./s1. The summed E-state index contributed by atoms with van der Waals surface area (Å²) in [6, 6.07) is 9.11. The van der Waals surface area contributed by atoms with E-state index in [-0.39, 0.29) is 18.4 Å². The van der Waals surface area contributed by atoms with Crippen LogP contribution in [-0.4, -0.2) is 0 Å². The number of nitrogens with two attached hydrogens (primary N) is 1. The lowest BCUT2D eigenvalue weighted by atomic mass is 10.1. The molecular formula is C11H10Cl3NS. The SMILES string of the molecule is Cl.N[C@@H](c1cccs1)c1cc(Cl)ccc1Cl. The average molecular weight is 295 g/mol. The van der Waals surface area contributed by atoms with Crippen molar-refractivity contribution >= 4 is 46.9 Å². The molecule has 2 N–H and O–H groups in total. The Hall–Kier alpha value is -0.250. The molecule has 0 amide bonds. The number of hydrogen-bond donors (Lipinski definition) is 1. The van der Waals surface area contributed by atoms with Crippen molar-refractivity contribution in [2.75, 3.05) is 0 Å². The third kappa shape index (κ3) is 2.90. The van der Waals surface area contributed by atoms with E-state index in [9.17, 15) is 0 Å². The van der Waals surface area contributed by atoms with Gasteiger partial charge >= 0.3 is 0 Å². The van der Waals surface area contributed by atoms with Gasteiger partial charge in [0.05, 0.1) is 6.04 Å². The molecule has 0 unspecified atom stereocenters. The Balaban J connectivity index is 0.00000128. The molecule has 86 valence electrons. The third-order valence-electron chi connectivity index (χ3n) is 2.14. The molecule has 0 bridgehead atoms. The quantitative estimate of drug-likeness (QED) is 0.865. The number of rotatable bonds is 2. The summed E-state index contributed by atoms with van der Waals surface area (Å²) in [7, 11) is 0. The lowest BCUT2D eigenvalue weighted by Crippen LogP contribution is -2.10. The van der Waals surface area contributed by atoms with Crippen LogP contribution < -0.4 is 5.73 Å². The van der Waals surface area contributed by atoms with E-state index >= 15 is 0 Å². The number of hydrogen-bond acceptors (Lipinski definition) is 2. The van der Waals surface area contributed by atoms with Gasteiger partial charge in [-0.2, -0.15) is 0 Å². The molecule has 1 heterocycles. The Bertz CT molecular complexity index is 456. The lowest BCUT2D eigenvalue weighted by Gasteiger charge is -2.12. The van der Waals surface area contributed by atoms with Crippen molar-refractivity contribution < 1.29 is 0 Å². The van der Waals surface area contributed by atoms with E-state index in [0.717, 1.165) is 10.4 Å². The van der Waals surface area contributed by atoms with E-state index in [1.54, 1.807) is 23.5 Å². The van der Waals surface area contributed by atoms with Crippen LogP contribution in [0.25, 0.3) is 0 Å². The molecule has 2 aromatic rings. The van der Waals surface area contributed by atoms with Crippen molar-refractivity contribution in [2.45, 2.75) is 6.04 Å². The molecule has 0 saturated heterocycles. The summed E-state index contributed by atoms with van der Waals surface area (Å²) in [4.78, 5) is 1.08. The fourth-order valence-corrected chi connectivity index (χ4v) is 2.54. The van der Waals surface area contributed by atoms with Crippen LogP contribution in [0.15, 0.2) is 35.7 Å². The van der Waals surface area contributed by atoms with Crippen LogP contribution in [-0.2, 0) is 0 Å². The second-order valence-electron chi connectivity index (χ2n) is 3.16. The van der Waals surface area contributed by atoms with Gasteiger partial charge in [0.25, 0.3) is 0 Å². The molecule has 0 aliphatic rings. The highest BCUT2D eigenvalue weighted by atomic mass is 35.5. The third-order valence-corrected chi connectivity index (χ3v) is 3.68. The van der Waals surface area contributed by atoms with Gasteiger partial charge in [-0.05, 0) is 35.2 Å². The molecule has 1 aromatic carbocycles. The van der Waals surface area contributed by atoms with Gasteiger partial charge < -0.3 is 5.73 Å². The highest BCUT2D eigenvalue weighted by Crippen LogP contribution is 2.30. The minimum atomic E-state index is -0.198. The van der Waals surface area contributed by atoms with Crippen LogP contribution >= 0.6 is 46.9 Å². The van der Waals surface area contributed by atoms with Crippen molar-refractivity contribution in [1.82, 2.24) is 0 Å². The monoisotopic (exact) mass is 293 g/mol. The summed E-state index contributed by atoms with van der Waals surface area (Å²) in [5, 5.41) is 3.30. The Morgan fingerprint density at radius 3 is 2.56 bits per heavy atom. The van der Waals surface area contributed by atoms with Crippen LogP contribution in [0, 0.1) is 0 Å². The van der Waals surface area contributed by atoms with Crippen LogP contribution in [0.3, 0.4) is 0 Å². The van der Waals surface area contributed by atoms with Gasteiger partial charge in [-0.15, -0.1) is 23.7 Å². The minimum Gasteiger partial charge on any atom is -0.320 e. The van der Waals surface area contributed by atoms with E-state index < -0.39 is 0 Å². The first kappa shape index (κ1) is 13.8. The molecule has 1 atom stereocenters. The van der Waals surface area contributed by atoms with E-state index in [2.05, 4.69) is 0 Å². The fourth-order valence-electron chi connectivity index (χ4n) is 1.37. The van der Waals surface area contributed by atoms with Crippen molar-refractivity contribution in [1.29, 1.82) is 0 Å². The molecule has 0 spiro atoms. The van der Waals surface area contributed by atoms with Crippen LogP contribution in [0.1, 0.15) is 16.5 Å². The number of benzene rings is 1. The molecule has 0 radical (unpaired) electrons. The summed E-state index contributed by atoms with van der Waals surface area (Å²) in [6.45, 7) is 0. The molecule has 0 aliphatic heterocycles. The van der Waals surface area contributed by atoms with Gasteiger partial charge in [0.15, 0.2) is 0 Å². The van der Waals surface area contributed by atoms with E-state index in [0.29, 0.717) is 10.0 Å². The Kier molecular flexibility index (Phi) is 5.09. The summed E-state index contributed by atoms with van der Waals surface area (Å²) in [5.41, 5.74) is 6.97.